The van der Waals surface area contributed by atoms with Crippen LogP contribution in [-0.2, 0) is 6.54 Å². The quantitative estimate of drug-likeness (QED) is 0.759. The molecule has 1 heterocycles. The molecule has 0 atom stereocenters. The molecule has 6 heteroatoms. The number of carbonyl (C=O) groups is 1. The maximum absolute atomic E-state index is 12.1. The van der Waals surface area contributed by atoms with Gasteiger partial charge in [0, 0.05) is 12.2 Å². The summed E-state index contributed by atoms with van der Waals surface area (Å²) in [5.41, 5.74) is 2.59. The van der Waals surface area contributed by atoms with E-state index in [1.165, 1.54) is 6.33 Å². The van der Waals surface area contributed by atoms with Gasteiger partial charge < -0.3 is 10.6 Å². The summed E-state index contributed by atoms with van der Waals surface area (Å²) in [6, 6.07) is 5.71. The van der Waals surface area contributed by atoms with Crippen LogP contribution < -0.4 is 10.6 Å². The molecule has 19 heavy (non-hydrogen) atoms. The summed E-state index contributed by atoms with van der Waals surface area (Å²) < 4.78 is 0. The highest BCUT2D eigenvalue weighted by molar-refractivity contribution is 5.99. The second-order valence-electron chi connectivity index (χ2n) is 4.19. The number of H-pyrrole nitrogens is 1. The van der Waals surface area contributed by atoms with Crippen molar-refractivity contribution in [3.05, 3.63) is 41.5 Å². The van der Waals surface area contributed by atoms with Gasteiger partial charge in [-0.1, -0.05) is 6.07 Å². The van der Waals surface area contributed by atoms with Crippen molar-refractivity contribution < 1.29 is 4.79 Å². The zero-order chi connectivity index (χ0) is 13.7. The molecule has 0 bridgehead atoms. The molecule has 0 unspecified atom stereocenters. The van der Waals surface area contributed by atoms with Crippen molar-refractivity contribution in [1.82, 2.24) is 20.5 Å². The van der Waals surface area contributed by atoms with E-state index in [1.807, 2.05) is 32.0 Å². The molecule has 100 valence electrons. The lowest BCUT2D eigenvalue weighted by Gasteiger charge is -2.11. The highest BCUT2D eigenvalue weighted by Gasteiger charge is 2.11. The number of aromatic amines is 1. The molecule has 6 nitrogen and oxygen atoms in total. The Morgan fingerprint density at radius 3 is 2.95 bits per heavy atom. The van der Waals surface area contributed by atoms with Crippen molar-refractivity contribution in [2.75, 3.05) is 11.9 Å². The van der Waals surface area contributed by atoms with E-state index in [0.717, 1.165) is 17.8 Å². The van der Waals surface area contributed by atoms with Crippen LogP contribution in [0.25, 0.3) is 0 Å². The molecule has 1 amide bonds. The number of anilines is 1. The topological polar surface area (TPSA) is 82.7 Å². The minimum atomic E-state index is -0.132. The Morgan fingerprint density at radius 1 is 1.42 bits per heavy atom. The van der Waals surface area contributed by atoms with E-state index in [4.69, 9.17) is 0 Å². The van der Waals surface area contributed by atoms with E-state index in [-0.39, 0.29) is 5.91 Å². The smallest absolute Gasteiger partial charge is 0.253 e. The highest BCUT2D eigenvalue weighted by atomic mass is 16.1. The molecule has 0 aliphatic heterocycles. The average Bonchev–Trinajstić information content (AvgIpc) is 2.90. The summed E-state index contributed by atoms with van der Waals surface area (Å²) in [7, 11) is 0. The summed E-state index contributed by atoms with van der Waals surface area (Å²) in [5.74, 6) is 0.498. The van der Waals surface area contributed by atoms with Gasteiger partial charge >= 0.3 is 0 Å². The molecule has 0 saturated carbocycles. The maximum Gasteiger partial charge on any atom is 0.253 e. The van der Waals surface area contributed by atoms with Gasteiger partial charge in [0.2, 0.25) is 0 Å². The Hall–Kier alpha value is -2.37. The standard InChI is InChI=1S/C13H17N5O/c1-3-14-11-6-9(2)4-5-10(11)13(19)15-7-12-16-8-17-18-12/h4-6,8,14H,3,7H2,1-2H3,(H,15,19)(H,16,17,18). The zero-order valence-corrected chi connectivity index (χ0v) is 11.0. The van der Waals surface area contributed by atoms with Crippen LogP contribution in [0.15, 0.2) is 24.5 Å². The molecule has 2 aromatic rings. The summed E-state index contributed by atoms with van der Waals surface area (Å²) in [4.78, 5) is 16.1. The van der Waals surface area contributed by atoms with Crippen molar-refractivity contribution in [3.63, 3.8) is 0 Å². The number of amides is 1. The molecule has 0 aliphatic carbocycles. The second kappa shape index (κ2) is 5.99. The number of rotatable bonds is 5. The summed E-state index contributed by atoms with van der Waals surface area (Å²) >= 11 is 0. The van der Waals surface area contributed by atoms with Gasteiger partial charge in [0.15, 0.2) is 0 Å². The molecule has 0 fully saturated rings. The number of nitrogens with zero attached hydrogens (tertiary/aromatic N) is 2. The lowest BCUT2D eigenvalue weighted by Crippen LogP contribution is -2.24. The SMILES string of the molecule is CCNc1cc(C)ccc1C(=O)NCc1ncn[nH]1. The molecule has 1 aromatic carbocycles. The summed E-state index contributed by atoms with van der Waals surface area (Å²) in [6.45, 7) is 5.10. The average molecular weight is 259 g/mol. The van der Waals surface area contributed by atoms with Crippen LogP contribution in [0.3, 0.4) is 0 Å². The van der Waals surface area contributed by atoms with Crippen LogP contribution in [0.5, 0.6) is 0 Å². The van der Waals surface area contributed by atoms with Gasteiger partial charge in [-0.05, 0) is 31.5 Å². The first kappa shape index (κ1) is 13.1. The lowest BCUT2D eigenvalue weighted by atomic mass is 10.1. The first-order valence-corrected chi connectivity index (χ1v) is 6.17. The van der Waals surface area contributed by atoms with Gasteiger partial charge in [0.05, 0.1) is 12.1 Å². The Balaban J connectivity index is 2.09. The van der Waals surface area contributed by atoms with Crippen molar-refractivity contribution >= 4 is 11.6 Å². The van der Waals surface area contributed by atoms with Crippen molar-refractivity contribution in [2.24, 2.45) is 0 Å². The first-order chi connectivity index (χ1) is 9.20. The maximum atomic E-state index is 12.1. The van der Waals surface area contributed by atoms with E-state index >= 15 is 0 Å². The fourth-order valence-corrected chi connectivity index (χ4v) is 1.77. The first-order valence-electron chi connectivity index (χ1n) is 6.17. The molecule has 0 aliphatic rings. The summed E-state index contributed by atoms with van der Waals surface area (Å²) in [5, 5.41) is 12.4. The molecule has 2 rings (SSSR count). The van der Waals surface area contributed by atoms with Crippen LogP contribution in [-0.4, -0.2) is 27.6 Å². The van der Waals surface area contributed by atoms with E-state index in [1.54, 1.807) is 0 Å². The fourth-order valence-electron chi connectivity index (χ4n) is 1.77. The number of nitrogens with one attached hydrogen (secondary N) is 3. The Bertz CT molecular complexity index is 550. The highest BCUT2D eigenvalue weighted by Crippen LogP contribution is 2.17. The predicted octanol–water partition coefficient (Wildman–Crippen LogP) is 1.47. The molecule has 0 saturated heterocycles. The Kier molecular flexibility index (Phi) is 4.12. The monoisotopic (exact) mass is 259 g/mol. The van der Waals surface area contributed by atoms with Crippen LogP contribution >= 0.6 is 0 Å². The molecule has 3 N–H and O–H groups in total. The third-order valence-corrected chi connectivity index (χ3v) is 2.67. The van der Waals surface area contributed by atoms with Gasteiger partial charge in [-0.2, -0.15) is 5.10 Å². The van der Waals surface area contributed by atoms with Crippen molar-refractivity contribution in [1.29, 1.82) is 0 Å². The zero-order valence-electron chi connectivity index (χ0n) is 11.0. The molecule has 0 spiro atoms. The van der Waals surface area contributed by atoms with E-state index < -0.39 is 0 Å². The van der Waals surface area contributed by atoms with Crippen LogP contribution in [0.2, 0.25) is 0 Å². The lowest BCUT2D eigenvalue weighted by molar-refractivity contribution is 0.0950. The van der Waals surface area contributed by atoms with Gasteiger partial charge in [-0.25, -0.2) is 4.98 Å². The Labute approximate surface area is 111 Å². The molecule has 0 radical (unpaired) electrons. The molecular formula is C13H17N5O. The minimum Gasteiger partial charge on any atom is -0.385 e. The van der Waals surface area contributed by atoms with E-state index in [2.05, 4.69) is 25.8 Å². The minimum absolute atomic E-state index is 0.132. The number of aromatic nitrogens is 3. The van der Waals surface area contributed by atoms with Gasteiger partial charge in [0.25, 0.3) is 5.91 Å². The largest absolute Gasteiger partial charge is 0.385 e. The third-order valence-electron chi connectivity index (χ3n) is 2.67. The van der Waals surface area contributed by atoms with Gasteiger partial charge in [-0.15, -0.1) is 0 Å². The van der Waals surface area contributed by atoms with E-state index in [9.17, 15) is 4.79 Å². The number of hydrogen-bond donors (Lipinski definition) is 3. The summed E-state index contributed by atoms with van der Waals surface area (Å²) in [6.07, 6.45) is 1.41. The second-order valence-corrected chi connectivity index (χ2v) is 4.19. The number of carbonyl (C=O) groups excluding carboxylic acids is 1. The Morgan fingerprint density at radius 2 is 2.26 bits per heavy atom. The number of benzene rings is 1. The number of hydrogen-bond acceptors (Lipinski definition) is 4. The van der Waals surface area contributed by atoms with Crippen LogP contribution in [0, 0.1) is 6.92 Å². The normalized spacial score (nSPS) is 10.2. The van der Waals surface area contributed by atoms with E-state index in [0.29, 0.717) is 17.9 Å². The third kappa shape index (κ3) is 3.31. The van der Waals surface area contributed by atoms with Gasteiger partial charge in [0.1, 0.15) is 12.2 Å². The van der Waals surface area contributed by atoms with Crippen molar-refractivity contribution in [2.45, 2.75) is 20.4 Å². The van der Waals surface area contributed by atoms with Gasteiger partial charge in [-0.3, -0.25) is 9.89 Å². The van der Waals surface area contributed by atoms with Crippen LogP contribution in [0.1, 0.15) is 28.7 Å². The fraction of sp³-hybridized carbons (Fsp3) is 0.308. The predicted molar refractivity (Wildman–Crippen MR) is 72.9 cm³/mol. The molecular weight excluding hydrogens is 242 g/mol. The number of aryl methyl sites for hydroxylation is 1. The van der Waals surface area contributed by atoms with Crippen molar-refractivity contribution in [3.8, 4) is 0 Å². The van der Waals surface area contributed by atoms with Crippen LogP contribution in [0.4, 0.5) is 5.69 Å². The molecule has 1 aromatic heterocycles.